The van der Waals surface area contributed by atoms with Crippen molar-refractivity contribution in [3.05, 3.63) is 52.2 Å². The molecule has 0 bridgehead atoms. The summed E-state index contributed by atoms with van der Waals surface area (Å²) in [6, 6.07) is 6.64. The van der Waals surface area contributed by atoms with Gasteiger partial charge in [0.25, 0.3) is 5.91 Å². The summed E-state index contributed by atoms with van der Waals surface area (Å²) in [6.45, 7) is 0.637. The number of halogens is 1. The topological polar surface area (TPSA) is 112 Å². The first kappa shape index (κ1) is 17.7. The molecule has 4 rings (SSSR count). The van der Waals surface area contributed by atoms with E-state index >= 15 is 0 Å². The first-order valence-electron chi connectivity index (χ1n) is 8.29. The first-order valence-corrected chi connectivity index (χ1v) is 8.67. The lowest BCUT2D eigenvalue weighted by atomic mass is 9.95. The fraction of sp³-hybridized carbons (Fsp3) is 0.278. The van der Waals surface area contributed by atoms with Gasteiger partial charge in [0.1, 0.15) is 11.4 Å². The molecule has 2 aromatic rings. The number of anilines is 2. The fourth-order valence-electron chi connectivity index (χ4n) is 3.31. The predicted molar refractivity (Wildman–Crippen MR) is 96.2 cm³/mol. The molecule has 3 N–H and O–H groups in total. The van der Waals surface area contributed by atoms with Crippen molar-refractivity contribution >= 4 is 35.1 Å². The van der Waals surface area contributed by atoms with E-state index in [1.165, 1.54) is 0 Å². The van der Waals surface area contributed by atoms with Gasteiger partial charge in [-0.25, -0.2) is 14.7 Å². The summed E-state index contributed by atoms with van der Waals surface area (Å²) < 4.78 is 5.25. The SMILES string of the molecule is O=C(O)N1Cc2c(Cl)ccc(Nc3ccc(C4(O)CCOC4)cn3)c2C1=O. The number of rotatable bonds is 3. The highest BCUT2D eigenvalue weighted by molar-refractivity contribution is 6.32. The van der Waals surface area contributed by atoms with Crippen LogP contribution in [-0.2, 0) is 16.9 Å². The van der Waals surface area contributed by atoms with Gasteiger partial charge in [-0.15, -0.1) is 0 Å². The first-order chi connectivity index (χ1) is 12.9. The summed E-state index contributed by atoms with van der Waals surface area (Å²) in [4.78, 5) is 28.7. The number of carboxylic acid groups (broad SMARTS) is 1. The number of pyridine rings is 1. The van der Waals surface area contributed by atoms with Crippen LogP contribution in [0.4, 0.5) is 16.3 Å². The van der Waals surface area contributed by atoms with Gasteiger partial charge in [0.2, 0.25) is 0 Å². The lowest BCUT2D eigenvalue weighted by Gasteiger charge is -2.20. The molecule has 9 heteroatoms. The van der Waals surface area contributed by atoms with Crippen LogP contribution in [0.2, 0.25) is 5.02 Å². The Labute approximate surface area is 159 Å². The lowest BCUT2D eigenvalue weighted by molar-refractivity contribution is 0.0229. The minimum atomic E-state index is -1.33. The van der Waals surface area contributed by atoms with Crippen LogP contribution in [0.15, 0.2) is 30.5 Å². The Hall–Kier alpha value is -2.68. The number of benzene rings is 1. The molecule has 2 aliphatic rings. The zero-order valence-electron chi connectivity index (χ0n) is 14.1. The van der Waals surface area contributed by atoms with Crippen molar-refractivity contribution in [2.24, 2.45) is 0 Å². The second-order valence-corrected chi connectivity index (χ2v) is 6.92. The number of carbonyl (C=O) groups is 2. The molecule has 1 aromatic heterocycles. The van der Waals surface area contributed by atoms with E-state index in [1.54, 1.807) is 30.5 Å². The van der Waals surface area contributed by atoms with Crippen LogP contribution >= 0.6 is 11.6 Å². The van der Waals surface area contributed by atoms with Crippen LogP contribution in [0.5, 0.6) is 0 Å². The van der Waals surface area contributed by atoms with Gasteiger partial charge < -0.3 is 20.3 Å². The number of fused-ring (bicyclic) bond motifs is 1. The van der Waals surface area contributed by atoms with Gasteiger partial charge >= 0.3 is 6.09 Å². The highest BCUT2D eigenvalue weighted by Crippen LogP contribution is 2.36. The van der Waals surface area contributed by atoms with E-state index in [0.29, 0.717) is 45.6 Å². The van der Waals surface area contributed by atoms with Gasteiger partial charge in [0.15, 0.2) is 0 Å². The molecular weight excluding hydrogens is 374 g/mol. The Kier molecular flexibility index (Phi) is 4.26. The monoisotopic (exact) mass is 389 g/mol. The summed E-state index contributed by atoms with van der Waals surface area (Å²) in [5, 5.41) is 23.1. The Morgan fingerprint density at radius 2 is 2.15 bits per heavy atom. The number of carbonyl (C=O) groups excluding carboxylic acids is 1. The molecular formula is C18H16ClN3O5. The van der Waals surface area contributed by atoms with E-state index in [2.05, 4.69) is 10.3 Å². The third kappa shape index (κ3) is 3.01. The van der Waals surface area contributed by atoms with Crippen molar-refractivity contribution in [2.75, 3.05) is 18.5 Å². The Morgan fingerprint density at radius 3 is 2.78 bits per heavy atom. The van der Waals surface area contributed by atoms with Crippen LogP contribution < -0.4 is 5.32 Å². The number of imide groups is 1. The van der Waals surface area contributed by atoms with E-state index in [4.69, 9.17) is 16.3 Å². The summed E-state index contributed by atoms with van der Waals surface area (Å²) in [7, 11) is 0. The summed E-state index contributed by atoms with van der Waals surface area (Å²) >= 11 is 6.13. The molecule has 3 heterocycles. The molecule has 1 saturated heterocycles. The lowest BCUT2D eigenvalue weighted by Crippen LogP contribution is -2.29. The molecule has 8 nitrogen and oxygen atoms in total. The van der Waals surface area contributed by atoms with Crippen molar-refractivity contribution in [2.45, 2.75) is 18.6 Å². The van der Waals surface area contributed by atoms with Gasteiger partial charge in [0, 0.05) is 35.4 Å². The van der Waals surface area contributed by atoms with Crippen LogP contribution in [0, 0.1) is 0 Å². The number of nitrogens with one attached hydrogen (secondary N) is 1. The number of aliphatic hydroxyl groups is 1. The van der Waals surface area contributed by atoms with Crippen LogP contribution in [0.1, 0.15) is 27.9 Å². The number of hydrogen-bond donors (Lipinski definition) is 3. The van der Waals surface area contributed by atoms with E-state index in [1.807, 2.05) is 0 Å². The standard InChI is InChI=1S/C18H16ClN3O5/c19-12-2-3-13(15-11(12)8-22(16(15)23)17(24)25)21-14-4-1-10(7-20-14)18(26)5-6-27-9-18/h1-4,7,26H,5-6,8-9H2,(H,20,21)(H,24,25). The van der Waals surface area contributed by atoms with Crippen LogP contribution in [0.25, 0.3) is 0 Å². The van der Waals surface area contributed by atoms with Gasteiger partial charge in [-0.3, -0.25) is 4.79 Å². The number of aromatic nitrogens is 1. The second-order valence-electron chi connectivity index (χ2n) is 6.51. The summed E-state index contributed by atoms with van der Waals surface area (Å²) in [5.41, 5.74) is 0.721. The molecule has 1 fully saturated rings. The van der Waals surface area contributed by atoms with Gasteiger partial charge in [-0.1, -0.05) is 17.7 Å². The zero-order chi connectivity index (χ0) is 19.2. The quantitative estimate of drug-likeness (QED) is 0.739. The normalized spacial score (nSPS) is 21.4. The summed E-state index contributed by atoms with van der Waals surface area (Å²) in [6.07, 6.45) is 0.734. The van der Waals surface area contributed by atoms with Crippen molar-refractivity contribution in [1.82, 2.24) is 9.88 Å². The molecule has 1 aromatic carbocycles. The van der Waals surface area contributed by atoms with Crippen molar-refractivity contribution in [1.29, 1.82) is 0 Å². The smallest absolute Gasteiger partial charge is 0.414 e. The third-order valence-corrected chi connectivity index (χ3v) is 5.18. The van der Waals surface area contributed by atoms with Gasteiger partial charge in [-0.2, -0.15) is 0 Å². The Balaban J connectivity index is 1.62. The Morgan fingerprint density at radius 1 is 1.33 bits per heavy atom. The van der Waals surface area contributed by atoms with E-state index < -0.39 is 17.6 Å². The minimum Gasteiger partial charge on any atom is -0.465 e. The van der Waals surface area contributed by atoms with Crippen molar-refractivity contribution in [3.63, 3.8) is 0 Å². The number of amides is 2. The maximum Gasteiger partial charge on any atom is 0.414 e. The van der Waals surface area contributed by atoms with E-state index in [0.717, 1.165) is 0 Å². The molecule has 140 valence electrons. The van der Waals surface area contributed by atoms with Crippen molar-refractivity contribution in [3.8, 4) is 0 Å². The fourth-order valence-corrected chi connectivity index (χ4v) is 3.52. The van der Waals surface area contributed by atoms with Gasteiger partial charge in [0.05, 0.1) is 24.4 Å². The van der Waals surface area contributed by atoms with Crippen LogP contribution in [-0.4, -0.2) is 45.3 Å². The van der Waals surface area contributed by atoms with E-state index in [9.17, 15) is 19.8 Å². The predicted octanol–water partition coefficient (Wildman–Crippen LogP) is 2.72. The molecule has 27 heavy (non-hydrogen) atoms. The highest BCUT2D eigenvalue weighted by Gasteiger charge is 2.36. The number of ether oxygens (including phenoxy) is 1. The van der Waals surface area contributed by atoms with Crippen LogP contribution in [0.3, 0.4) is 0 Å². The number of hydrogen-bond acceptors (Lipinski definition) is 6. The summed E-state index contributed by atoms with van der Waals surface area (Å²) in [5.74, 6) is -0.177. The highest BCUT2D eigenvalue weighted by atomic mass is 35.5. The second kappa shape index (κ2) is 6.49. The molecule has 1 unspecified atom stereocenters. The minimum absolute atomic E-state index is 0.0861. The van der Waals surface area contributed by atoms with Crippen molar-refractivity contribution < 1.29 is 24.5 Å². The largest absolute Gasteiger partial charge is 0.465 e. The van der Waals surface area contributed by atoms with Gasteiger partial charge in [-0.05, 0) is 18.2 Å². The molecule has 2 amide bonds. The average Bonchev–Trinajstić information content (AvgIpc) is 3.24. The maximum atomic E-state index is 12.5. The molecule has 0 radical (unpaired) electrons. The third-order valence-electron chi connectivity index (χ3n) is 4.83. The molecule has 0 spiro atoms. The number of nitrogens with zero attached hydrogens (tertiary/aromatic N) is 2. The zero-order valence-corrected chi connectivity index (χ0v) is 14.9. The average molecular weight is 390 g/mol. The Bertz CT molecular complexity index is 925. The van der Waals surface area contributed by atoms with E-state index in [-0.39, 0.29) is 18.7 Å². The molecule has 0 saturated carbocycles. The molecule has 1 atom stereocenters. The maximum absolute atomic E-state index is 12.5. The molecule has 2 aliphatic heterocycles. The molecule has 0 aliphatic carbocycles.